The van der Waals surface area contributed by atoms with Gasteiger partial charge < -0.3 is 5.32 Å². The van der Waals surface area contributed by atoms with Crippen molar-refractivity contribution in [1.29, 1.82) is 0 Å². The van der Waals surface area contributed by atoms with Crippen molar-refractivity contribution < 1.29 is 18.0 Å². The summed E-state index contributed by atoms with van der Waals surface area (Å²) in [6.07, 6.45) is -2.11. The van der Waals surface area contributed by atoms with Crippen LogP contribution >= 0.6 is 23.2 Å². The minimum atomic E-state index is -4.63. The second-order valence-electron chi connectivity index (χ2n) is 4.93. The molecule has 0 spiro atoms. The highest BCUT2D eigenvalue weighted by Crippen LogP contribution is 2.33. The van der Waals surface area contributed by atoms with Gasteiger partial charge in [0.25, 0.3) is 5.91 Å². The fourth-order valence-corrected chi connectivity index (χ4v) is 2.43. The Hall–Kier alpha value is -2.39. The van der Waals surface area contributed by atoms with Crippen LogP contribution in [-0.4, -0.2) is 25.5 Å². The Morgan fingerprint density at radius 2 is 2.00 bits per heavy atom. The van der Waals surface area contributed by atoms with E-state index in [0.29, 0.717) is 0 Å². The van der Waals surface area contributed by atoms with E-state index in [9.17, 15) is 18.0 Å². The summed E-state index contributed by atoms with van der Waals surface area (Å²) in [7, 11) is 0. The molecule has 3 aromatic heterocycles. The molecule has 0 atom stereocenters. The predicted octanol–water partition coefficient (Wildman–Crippen LogP) is 3.38. The molecule has 11 heteroatoms. The Morgan fingerprint density at radius 1 is 1.24 bits per heavy atom. The number of hydrogen-bond donors (Lipinski definition) is 1. The number of aromatic nitrogens is 4. The quantitative estimate of drug-likeness (QED) is 0.697. The molecule has 3 aromatic rings. The van der Waals surface area contributed by atoms with E-state index in [1.165, 1.54) is 24.5 Å². The third-order valence-electron chi connectivity index (χ3n) is 3.24. The number of halogens is 5. The number of rotatable bonds is 3. The van der Waals surface area contributed by atoms with Gasteiger partial charge in [0.15, 0.2) is 11.5 Å². The molecule has 0 unspecified atom stereocenters. The van der Waals surface area contributed by atoms with Gasteiger partial charge in [-0.3, -0.25) is 9.20 Å². The minimum Gasteiger partial charge on any atom is -0.345 e. The lowest BCUT2D eigenvalue weighted by atomic mass is 10.2. The van der Waals surface area contributed by atoms with Gasteiger partial charge in [0.2, 0.25) is 0 Å². The lowest BCUT2D eigenvalue weighted by Crippen LogP contribution is -2.24. The number of hydrogen-bond acceptors (Lipinski definition) is 4. The van der Waals surface area contributed by atoms with E-state index >= 15 is 0 Å². The summed E-state index contributed by atoms with van der Waals surface area (Å²) in [6.45, 7) is -0.153. The highest BCUT2D eigenvalue weighted by atomic mass is 35.5. The SMILES string of the molecule is O=C(NCc1nnc2c(C(F)(F)F)cc(Cl)cn12)c1ccc(Cl)nc1. The largest absolute Gasteiger partial charge is 0.420 e. The molecule has 130 valence electrons. The van der Waals surface area contributed by atoms with Gasteiger partial charge >= 0.3 is 6.18 Å². The predicted molar refractivity (Wildman–Crippen MR) is 83.4 cm³/mol. The summed E-state index contributed by atoms with van der Waals surface area (Å²) in [4.78, 5) is 15.8. The standard InChI is InChI=1S/C14H8Cl2F3N5O/c15-8-3-9(14(17,18)19)12-23-22-11(24(12)6-8)5-21-13(25)7-1-2-10(16)20-4-7/h1-4,6H,5H2,(H,21,25). The molecule has 25 heavy (non-hydrogen) atoms. The maximum Gasteiger partial charge on any atom is 0.420 e. The molecule has 0 aliphatic rings. The highest BCUT2D eigenvalue weighted by Gasteiger charge is 2.35. The third-order valence-corrected chi connectivity index (χ3v) is 3.67. The van der Waals surface area contributed by atoms with Gasteiger partial charge in [-0.1, -0.05) is 23.2 Å². The molecular formula is C14H8Cl2F3N5O. The van der Waals surface area contributed by atoms with E-state index in [4.69, 9.17) is 23.2 Å². The molecule has 0 radical (unpaired) electrons. The molecule has 3 rings (SSSR count). The number of nitrogens with zero attached hydrogens (tertiary/aromatic N) is 4. The average molecular weight is 390 g/mol. The first-order chi connectivity index (χ1) is 11.8. The number of nitrogens with one attached hydrogen (secondary N) is 1. The molecule has 3 heterocycles. The van der Waals surface area contributed by atoms with Crippen molar-refractivity contribution in [3.63, 3.8) is 0 Å². The fourth-order valence-electron chi connectivity index (χ4n) is 2.11. The molecule has 0 fully saturated rings. The van der Waals surface area contributed by atoms with E-state index in [0.717, 1.165) is 10.5 Å². The van der Waals surface area contributed by atoms with Crippen LogP contribution in [0.1, 0.15) is 21.7 Å². The molecule has 0 bridgehead atoms. The van der Waals surface area contributed by atoms with Crippen LogP contribution in [0.3, 0.4) is 0 Å². The lowest BCUT2D eigenvalue weighted by Gasteiger charge is -2.09. The Bertz CT molecular complexity index is 940. The third kappa shape index (κ3) is 3.67. The van der Waals surface area contributed by atoms with E-state index < -0.39 is 23.3 Å². The molecule has 6 nitrogen and oxygen atoms in total. The zero-order chi connectivity index (χ0) is 18.2. The van der Waals surface area contributed by atoms with Crippen LogP contribution in [0.4, 0.5) is 13.2 Å². The Balaban J connectivity index is 1.86. The van der Waals surface area contributed by atoms with Crippen LogP contribution < -0.4 is 5.32 Å². The first-order valence-corrected chi connectivity index (χ1v) is 7.51. The zero-order valence-electron chi connectivity index (χ0n) is 12.2. The molecule has 1 amide bonds. The van der Waals surface area contributed by atoms with Crippen molar-refractivity contribution in [2.24, 2.45) is 0 Å². The number of alkyl halides is 3. The first-order valence-electron chi connectivity index (χ1n) is 6.76. The second kappa shape index (κ2) is 6.49. The van der Waals surface area contributed by atoms with Crippen LogP contribution in [0.2, 0.25) is 10.2 Å². The summed E-state index contributed by atoms with van der Waals surface area (Å²) < 4.78 is 40.2. The number of amides is 1. The van der Waals surface area contributed by atoms with Crippen LogP contribution in [0, 0.1) is 0 Å². The Kier molecular flexibility index (Phi) is 4.53. The summed E-state index contributed by atoms with van der Waals surface area (Å²) in [5.74, 6) is -0.391. The Labute approximate surface area is 148 Å². The van der Waals surface area contributed by atoms with E-state index in [-0.39, 0.29) is 28.1 Å². The summed E-state index contributed by atoms with van der Waals surface area (Å²) in [5.41, 5.74) is -1.16. The normalized spacial score (nSPS) is 11.7. The molecule has 0 aliphatic heterocycles. The van der Waals surface area contributed by atoms with Crippen molar-refractivity contribution in [2.45, 2.75) is 12.7 Å². The second-order valence-corrected chi connectivity index (χ2v) is 5.76. The number of carbonyl (C=O) groups excluding carboxylic acids is 1. The van der Waals surface area contributed by atoms with Crippen LogP contribution in [0.5, 0.6) is 0 Å². The Morgan fingerprint density at radius 3 is 2.64 bits per heavy atom. The maximum atomic E-state index is 13.0. The van der Waals surface area contributed by atoms with Crippen molar-refractivity contribution in [3.8, 4) is 0 Å². The van der Waals surface area contributed by atoms with Crippen LogP contribution in [-0.2, 0) is 12.7 Å². The molecule has 1 N–H and O–H groups in total. The summed E-state index contributed by atoms with van der Waals surface area (Å²) >= 11 is 11.4. The van der Waals surface area contributed by atoms with Gasteiger partial charge in [-0.2, -0.15) is 13.2 Å². The van der Waals surface area contributed by atoms with Crippen molar-refractivity contribution in [1.82, 2.24) is 24.9 Å². The molecule has 0 aliphatic carbocycles. The number of fused-ring (bicyclic) bond motifs is 1. The monoisotopic (exact) mass is 389 g/mol. The average Bonchev–Trinajstić information content (AvgIpc) is 2.94. The van der Waals surface area contributed by atoms with E-state index in [1.54, 1.807) is 0 Å². The van der Waals surface area contributed by atoms with Crippen molar-refractivity contribution >= 4 is 34.8 Å². The van der Waals surface area contributed by atoms with Crippen molar-refractivity contribution in [3.05, 3.63) is 57.7 Å². The van der Waals surface area contributed by atoms with E-state index in [2.05, 4.69) is 20.5 Å². The maximum absolute atomic E-state index is 13.0. The molecule has 0 saturated carbocycles. The number of pyridine rings is 2. The van der Waals surface area contributed by atoms with Crippen molar-refractivity contribution in [2.75, 3.05) is 0 Å². The topological polar surface area (TPSA) is 72.2 Å². The highest BCUT2D eigenvalue weighted by molar-refractivity contribution is 6.30. The number of carbonyl (C=O) groups is 1. The fraction of sp³-hybridized carbons (Fsp3) is 0.143. The molecule has 0 saturated heterocycles. The van der Waals surface area contributed by atoms with Gasteiger partial charge in [0, 0.05) is 12.4 Å². The zero-order valence-corrected chi connectivity index (χ0v) is 13.7. The first kappa shape index (κ1) is 17.4. The lowest BCUT2D eigenvalue weighted by molar-refractivity contribution is -0.136. The van der Waals surface area contributed by atoms with Gasteiger partial charge in [-0.05, 0) is 18.2 Å². The van der Waals surface area contributed by atoms with Crippen LogP contribution in [0.15, 0.2) is 30.6 Å². The minimum absolute atomic E-state index is 0.0956. The summed E-state index contributed by atoms with van der Waals surface area (Å²) in [5, 5.41) is 9.86. The molecular weight excluding hydrogens is 382 g/mol. The summed E-state index contributed by atoms with van der Waals surface area (Å²) in [6, 6.07) is 3.68. The smallest absolute Gasteiger partial charge is 0.345 e. The van der Waals surface area contributed by atoms with Gasteiger partial charge in [0.05, 0.1) is 17.1 Å². The van der Waals surface area contributed by atoms with E-state index in [1.807, 2.05) is 0 Å². The van der Waals surface area contributed by atoms with Crippen LogP contribution in [0.25, 0.3) is 5.65 Å². The van der Waals surface area contributed by atoms with Gasteiger partial charge in [0.1, 0.15) is 10.7 Å². The molecule has 0 aromatic carbocycles. The van der Waals surface area contributed by atoms with Gasteiger partial charge in [-0.25, -0.2) is 4.98 Å². The van der Waals surface area contributed by atoms with Gasteiger partial charge in [-0.15, -0.1) is 10.2 Å².